The summed E-state index contributed by atoms with van der Waals surface area (Å²) in [6.45, 7) is 4.32. The zero-order valence-electron chi connectivity index (χ0n) is 17.1. The molecule has 4 rings (SSSR count). The Balaban J connectivity index is 1.25. The predicted molar refractivity (Wildman–Crippen MR) is 114 cm³/mol. The normalized spacial score (nSPS) is 16.9. The van der Waals surface area contributed by atoms with Crippen molar-refractivity contribution < 1.29 is 18.8 Å². The van der Waals surface area contributed by atoms with Crippen LogP contribution in [0.15, 0.2) is 40.9 Å². The monoisotopic (exact) mass is 445 g/mol. The van der Waals surface area contributed by atoms with Crippen molar-refractivity contribution in [3.63, 3.8) is 0 Å². The Morgan fingerprint density at radius 2 is 2.19 bits per heavy atom. The van der Waals surface area contributed by atoms with E-state index in [9.17, 15) is 4.79 Å². The molecule has 0 bridgehead atoms. The molecule has 1 saturated heterocycles. The van der Waals surface area contributed by atoms with E-state index in [4.69, 9.17) is 25.6 Å². The number of anilines is 1. The molecule has 3 heterocycles. The number of carbonyl (C=O) groups is 1. The number of hydrogen-bond donors (Lipinski definition) is 2. The van der Waals surface area contributed by atoms with E-state index in [1.165, 1.54) is 0 Å². The second kappa shape index (κ2) is 9.95. The van der Waals surface area contributed by atoms with Crippen LogP contribution in [0.5, 0.6) is 5.75 Å². The summed E-state index contributed by atoms with van der Waals surface area (Å²) in [6.07, 6.45) is 0.490. The van der Waals surface area contributed by atoms with Gasteiger partial charge in [-0.2, -0.15) is 5.10 Å². The molecule has 2 N–H and O–H groups in total. The van der Waals surface area contributed by atoms with Crippen LogP contribution < -0.4 is 10.1 Å². The molecule has 1 aliphatic rings. The molecule has 164 valence electrons. The Labute approximate surface area is 184 Å². The van der Waals surface area contributed by atoms with Crippen molar-refractivity contribution in [3.05, 3.63) is 58.6 Å². The number of aromatic nitrogens is 3. The van der Waals surface area contributed by atoms with Crippen LogP contribution in [-0.2, 0) is 16.0 Å². The number of benzene rings is 1. The fourth-order valence-electron chi connectivity index (χ4n) is 3.32. The van der Waals surface area contributed by atoms with Gasteiger partial charge in [-0.05, 0) is 37.3 Å². The molecular formula is C21H24ClN5O4. The van der Waals surface area contributed by atoms with Gasteiger partial charge >= 0.3 is 0 Å². The van der Waals surface area contributed by atoms with Crippen LogP contribution in [-0.4, -0.2) is 59.0 Å². The lowest BCUT2D eigenvalue weighted by molar-refractivity contribution is -0.119. The third kappa shape index (κ3) is 6.06. The van der Waals surface area contributed by atoms with E-state index >= 15 is 0 Å². The van der Waals surface area contributed by atoms with Gasteiger partial charge < -0.3 is 19.3 Å². The number of carbonyl (C=O) groups excluding carboxylic acids is 1. The van der Waals surface area contributed by atoms with Gasteiger partial charge in [-0.25, -0.2) is 0 Å². The second-order valence-corrected chi connectivity index (χ2v) is 7.77. The minimum atomic E-state index is -0.196. The SMILES string of the molecule is Cc1cc(NC(=O)CN2CCOC(c3cc(CCOc4ccc(Cl)cc4)[nH]n3)C2)no1. The van der Waals surface area contributed by atoms with E-state index in [2.05, 4.69) is 20.7 Å². The van der Waals surface area contributed by atoms with Gasteiger partial charge in [0.1, 0.15) is 17.6 Å². The molecular weight excluding hydrogens is 422 g/mol. The predicted octanol–water partition coefficient (Wildman–Crippen LogP) is 2.99. The van der Waals surface area contributed by atoms with E-state index in [0.717, 1.165) is 17.1 Å². The second-order valence-electron chi connectivity index (χ2n) is 7.34. The molecule has 3 aromatic rings. The average molecular weight is 446 g/mol. The van der Waals surface area contributed by atoms with Gasteiger partial charge in [0.2, 0.25) is 5.91 Å². The Morgan fingerprint density at radius 1 is 1.35 bits per heavy atom. The number of halogens is 1. The molecule has 1 aromatic carbocycles. The van der Waals surface area contributed by atoms with E-state index in [1.54, 1.807) is 25.1 Å². The van der Waals surface area contributed by atoms with Crippen LogP contribution in [0.25, 0.3) is 0 Å². The van der Waals surface area contributed by atoms with E-state index < -0.39 is 0 Å². The minimum Gasteiger partial charge on any atom is -0.493 e. The summed E-state index contributed by atoms with van der Waals surface area (Å²) < 4.78 is 16.6. The molecule has 0 radical (unpaired) electrons. The van der Waals surface area contributed by atoms with Crippen molar-refractivity contribution in [1.82, 2.24) is 20.3 Å². The summed E-state index contributed by atoms with van der Waals surface area (Å²) in [5, 5.41) is 14.6. The summed E-state index contributed by atoms with van der Waals surface area (Å²) in [5.74, 6) is 1.70. The quantitative estimate of drug-likeness (QED) is 0.549. The lowest BCUT2D eigenvalue weighted by Crippen LogP contribution is -2.42. The first-order valence-corrected chi connectivity index (χ1v) is 10.4. The number of hydrogen-bond acceptors (Lipinski definition) is 7. The van der Waals surface area contributed by atoms with Gasteiger partial charge in [0, 0.05) is 36.3 Å². The van der Waals surface area contributed by atoms with Gasteiger partial charge in [0.05, 0.1) is 25.5 Å². The Hall–Kier alpha value is -2.88. The maximum absolute atomic E-state index is 12.3. The van der Waals surface area contributed by atoms with Crippen LogP contribution in [0.3, 0.4) is 0 Å². The smallest absolute Gasteiger partial charge is 0.239 e. The van der Waals surface area contributed by atoms with Crippen LogP contribution >= 0.6 is 11.6 Å². The summed E-state index contributed by atoms with van der Waals surface area (Å²) in [4.78, 5) is 14.3. The van der Waals surface area contributed by atoms with Crippen LogP contribution in [0.2, 0.25) is 5.02 Å². The van der Waals surface area contributed by atoms with Crippen molar-refractivity contribution in [1.29, 1.82) is 0 Å². The Kier molecular flexibility index (Phi) is 6.86. The molecule has 0 aliphatic carbocycles. The number of rotatable bonds is 8. The number of aromatic amines is 1. The number of ether oxygens (including phenoxy) is 2. The topological polar surface area (TPSA) is 106 Å². The first-order chi connectivity index (χ1) is 15.0. The highest BCUT2D eigenvalue weighted by Gasteiger charge is 2.25. The number of nitrogens with zero attached hydrogens (tertiary/aromatic N) is 3. The van der Waals surface area contributed by atoms with Crippen LogP contribution in [0.4, 0.5) is 5.82 Å². The lowest BCUT2D eigenvalue weighted by Gasteiger charge is -2.31. The van der Waals surface area contributed by atoms with E-state index in [-0.39, 0.29) is 18.6 Å². The number of nitrogens with one attached hydrogen (secondary N) is 2. The third-order valence-electron chi connectivity index (χ3n) is 4.85. The highest BCUT2D eigenvalue weighted by atomic mass is 35.5. The number of morpholine rings is 1. The van der Waals surface area contributed by atoms with Gasteiger partial charge in [-0.15, -0.1) is 0 Å². The highest BCUT2D eigenvalue weighted by molar-refractivity contribution is 6.30. The Morgan fingerprint density at radius 3 is 2.97 bits per heavy atom. The zero-order chi connectivity index (χ0) is 21.6. The zero-order valence-corrected chi connectivity index (χ0v) is 17.9. The fraction of sp³-hybridized carbons (Fsp3) is 0.381. The molecule has 0 saturated carbocycles. The highest BCUT2D eigenvalue weighted by Crippen LogP contribution is 2.22. The van der Waals surface area contributed by atoms with Gasteiger partial charge in [-0.3, -0.25) is 14.8 Å². The van der Waals surface area contributed by atoms with Crippen molar-refractivity contribution in [2.24, 2.45) is 0 Å². The van der Waals surface area contributed by atoms with Crippen LogP contribution in [0.1, 0.15) is 23.3 Å². The maximum Gasteiger partial charge on any atom is 0.239 e. The largest absolute Gasteiger partial charge is 0.493 e. The first kappa shape index (κ1) is 21.4. The number of amides is 1. The molecule has 2 aromatic heterocycles. The molecule has 1 fully saturated rings. The molecule has 10 heteroatoms. The minimum absolute atomic E-state index is 0.143. The molecule has 1 amide bonds. The van der Waals surface area contributed by atoms with Crippen molar-refractivity contribution in [2.75, 3.05) is 38.2 Å². The standard InChI is InChI=1S/C21H24ClN5O4/c1-14-10-20(26-31-14)23-21(28)13-27-7-9-30-19(12-27)18-11-16(24-25-18)6-8-29-17-4-2-15(22)3-5-17/h2-5,10-11,19H,6-9,12-13H2,1H3,(H,24,25)(H,23,26,28). The average Bonchev–Trinajstić information content (AvgIpc) is 3.39. The van der Waals surface area contributed by atoms with Gasteiger partial charge in [-0.1, -0.05) is 16.8 Å². The van der Waals surface area contributed by atoms with Crippen molar-refractivity contribution in [2.45, 2.75) is 19.4 Å². The van der Waals surface area contributed by atoms with Crippen LogP contribution in [0, 0.1) is 6.92 Å². The summed E-state index contributed by atoms with van der Waals surface area (Å²) in [5.41, 5.74) is 1.78. The van der Waals surface area contributed by atoms with E-state index in [0.29, 0.717) is 49.3 Å². The Bertz CT molecular complexity index is 1000. The molecule has 31 heavy (non-hydrogen) atoms. The van der Waals surface area contributed by atoms with Gasteiger partial charge in [0.25, 0.3) is 0 Å². The van der Waals surface area contributed by atoms with Crippen molar-refractivity contribution in [3.8, 4) is 5.75 Å². The number of aryl methyl sites for hydroxylation is 1. The van der Waals surface area contributed by atoms with E-state index in [1.807, 2.05) is 23.1 Å². The summed E-state index contributed by atoms with van der Waals surface area (Å²) in [6, 6.07) is 10.9. The summed E-state index contributed by atoms with van der Waals surface area (Å²) in [7, 11) is 0. The first-order valence-electron chi connectivity index (χ1n) is 10.0. The lowest BCUT2D eigenvalue weighted by atomic mass is 10.2. The maximum atomic E-state index is 12.3. The molecule has 0 spiro atoms. The molecule has 1 aliphatic heterocycles. The molecule has 1 unspecified atom stereocenters. The molecule has 9 nitrogen and oxygen atoms in total. The molecule has 1 atom stereocenters. The third-order valence-corrected chi connectivity index (χ3v) is 5.10. The van der Waals surface area contributed by atoms with Crippen molar-refractivity contribution >= 4 is 23.3 Å². The fourth-order valence-corrected chi connectivity index (χ4v) is 3.44. The van der Waals surface area contributed by atoms with Gasteiger partial charge in [0.15, 0.2) is 5.82 Å². The summed E-state index contributed by atoms with van der Waals surface area (Å²) >= 11 is 5.88. The number of H-pyrrole nitrogens is 1.